The molecule has 15 nitrogen and oxygen atoms in total. The maximum atomic E-state index is 15.9. The van der Waals surface area contributed by atoms with Crippen molar-refractivity contribution in [3.8, 4) is 0 Å². The van der Waals surface area contributed by atoms with Crippen molar-refractivity contribution in [3.05, 3.63) is 108 Å². The minimum atomic E-state index is -0.586. The standard InChI is InChI=1S/C58H94B2N2O6S2.C46H72N2O2S2.C9H18BO3/c1-13-17-21-25-27-31-35-43(33-29-23-19-15-3)41-61-51(45-37-39-47(69-45)59-65-55(5,6)56(7,8)66-59)49-50(53(61)63)52(46-38-40-48(70-46)60-67-57(9,10)58(11,12)68-60)62(54(49)64)42-44(34-30-24-20-16-4)36-32-28-26-22-18-14-2;1-5-9-13-17-19-23-29-37(27-21-15-11-7-3)35-47-43(39-31-25-33-51-39)41-42(45(47)49)44(40-32-26-34-52-40)48(46(41)50)36-38(28-22-16-12-8-4)30-24-20-18-14-10-6-2;1-7(2)11-10-12-8(3,4)9(5,6)13-10/h37-40,43-44H,13-36,41-42H2,1-12H3;25-26,31-34,37-38H,5-24,27-30,35-36H2,1-4H3;7H,3H2,1-2,4-6H3/q;;+1. The molecule has 7 aliphatic heterocycles. The highest BCUT2D eigenvalue weighted by Gasteiger charge is 2.60. The van der Waals surface area contributed by atoms with Crippen molar-refractivity contribution in [2.24, 2.45) is 23.7 Å². The van der Waals surface area contributed by atoms with Crippen molar-refractivity contribution < 1.29 is 51.8 Å². The van der Waals surface area contributed by atoms with Gasteiger partial charge in [-0.05, 0) is 193 Å². The number of hydrogen-bond acceptors (Lipinski definition) is 15. The van der Waals surface area contributed by atoms with Gasteiger partial charge in [0.05, 0.1) is 93.9 Å². The molecule has 3 fully saturated rings. The van der Waals surface area contributed by atoms with E-state index in [1.807, 2.05) is 44.4 Å². The van der Waals surface area contributed by atoms with E-state index in [9.17, 15) is 9.59 Å². The van der Waals surface area contributed by atoms with Crippen LogP contribution in [0.4, 0.5) is 0 Å². The van der Waals surface area contributed by atoms with E-state index in [1.165, 1.54) is 231 Å². The van der Waals surface area contributed by atoms with Crippen LogP contribution < -0.4 is 9.55 Å². The van der Waals surface area contributed by atoms with Gasteiger partial charge >= 0.3 is 21.6 Å². The van der Waals surface area contributed by atoms with Crippen LogP contribution in [0.3, 0.4) is 0 Å². The Morgan fingerprint density at radius 2 is 0.533 bits per heavy atom. The largest absolute Gasteiger partial charge is 0.643 e. The number of amides is 4. The number of unbranched alkanes of at least 4 members (excludes halogenated alkanes) is 32. The molecule has 22 heteroatoms. The second-order valence-electron chi connectivity index (χ2n) is 43.6. The number of thiophene rings is 4. The third kappa shape index (κ3) is 32.0. The lowest BCUT2D eigenvalue weighted by Gasteiger charge is -2.32. The summed E-state index contributed by atoms with van der Waals surface area (Å²) in [5.41, 5.74) is 2.88. The lowest BCUT2D eigenvalue weighted by atomic mass is 9.88. The van der Waals surface area contributed by atoms with Gasteiger partial charge in [0.25, 0.3) is 23.6 Å². The zero-order valence-corrected chi connectivity index (χ0v) is 92.0. The Balaban J connectivity index is 0.000000275. The highest BCUT2D eigenvalue weighted by atomic mass is 32.1. The molecule has 0 N–H and O–H groups in total. The quantitative estimate of drug-likeness (QED) is 0.0236. The molecule has 4 aromatic heterocycles. The molecule has 0 radical (unpaired) electrons. The first-order chi connectivity index (χ1) is 64.7. The van der Waals surface area contributed by atoms with Crippen LogP contribution in [0.1, 0.15) is 473 Å². The molecule has 754 valence electrons. The molecule has 7 aliphatic rings. The van der Waals surface area contributed by atoms with E-state index < -0.39 is 55.2 Å². The van der Waals surface area contributed by atoms with E-state index in [2.05, 4.69) is 187 Å². The molecule has 3 saturated heterocycles. The number of carbonyl (C=O) groups is 4. The number of carbonyl (C=O) groups excluding carboxylic acids is 4. The van der Waals surface area contributed by atoms with Crippen LogP contribution in [0.5, 0.6) is 0 Å². The molecule has 0 bridgehead atoms. The molecule has 5 unspecified atom stereocenters. The molecule has 4 aromatic rings. The molecule has 0 spiro atoms. The third-order valence-corrected chi connectivity index (χ3v) is 34.4. The minimum Gasteiger partial charge on any atom is -0.399 e. The Labute approximate surface area is 839 Å². The van der Waals surface area contributed by atoms with Gasteiger partial charge in [-0.3, -0.25) is 19.2 Å². The molecule has 0 saturated carbocycles. The smallest absolute Gasteiger partial charge is 0.399 e. The van der Waals surface area contributed by atoms with Crippen molar-refractivity contribution in [3.63, 3.8) is 0 Å². The highest BCUT2D eigenvalue weighted by Crippen LogP contribution is 2.53. The second-order valence-corrected chi connectivity index (χ2v) is 47.8. The average molecular weight is 1940 g/mol. The van der Waals surface area contributed by atoms with Gasteiger partial charge < -0.3 is 52.2 Å². The first-order valence-corrected chi connectivity index (χ1v) is 58.2. The van der Waals surface area contributed by atoms with E-state index in [0.717, 1.165) is 129 Å². The maximum absolute atomic E-state index is 15.9. The van der Waals surface area contributed by atoms with Crippen LogP contribution in [0, 0.1) is 30.6 Å². The molecule has 0 aliphatic carbocycles. The Morgan fingerprint density at radius 1 is 0.304 bits per heavy atom. The summed E-state index contributed by atoms with van der Waals surface area (Å²) in [6.45, 7) is 51.2. The highest BCUT2D eigenvalue weighted by molar-refractivity contribution is 7.24. The minimum absolute atomic E-state index is 0.0380. The van der Waals surface area contributed by atoms with E-state index in [1.54, 1.807) is 45.3 Å². The molecule has 11 rings (SSSR count). The van der Waals surface area contributed by atoms with Gasteiger partial charge in [-0.2, -0.15) is 0 Å². The van der Waals surface area contributed by atoms with Gasteiger partial charge in [-0.15, -0.1) is 45.3 Å². The molecule has 0 aromatic carbocycles. The predicted molar refractivity (Wildman–Crippen MR) is 576 cm³/mol. The number of rotatable bonds is 64. The Kier molecular flexibility index (Phi) is 47.7. The van der Waals surface area contributed by atoms with Crippen LogP contribution in [0.15, 0.2) is 81.6 Å². The normalized spacial score (nSPS) is 19.8. The van der Waals surface area contributed by atoms with Crippen LogP contribution in [-0.4, -0.2) is 131 Å². The Bertz CT molecular complexity index is 4030. The van der Waals surface area contributed by atoms with Gasteiger partial charge in [-0.1, -0.05) is 336 Å². The van der Waals surface area contributed by atoms with Gasteiger partial charge in [0.1, 0.15) is 5.60 Å². The zero-order chi connectivity index (χ0) is 97.9. The van der Waals surface area contributed by atoms with Gasteiger partial charge in [-0.25, -0.2) is 0 Å². The van der Waals surface area contributed by atoms with E-state index >= 15 is 9.59 Å². The average Bonchev–Trinajstić information content (AvgIpc) is 1.55. The zero-order valence-electron chi connectivity index (χ0n) is 88.8. The van der Waals surface area contributed by atoms with Crippen molar-refractivity contribution in [2.75, 3.05) is 26.2 Å². The first-order valence-electron chi connectivity index (χ1n) is 54.8. The summed E-state index contributed by atoms with van der Waals surface area (Å²) in [7, 11) is -1.65. The molecule has 5 atom stereocenters. The monoisotopic (exact) mass is 1930 g/mol. The summed E-state index contributed by atoms with van der Waals surface area (Å²) in [5.74, 6) is 1.59. The molecular weight excluding hydrogens is 1750 g/mol. The van der Waals surface area contributed by atoms with Crippen molar-refractivity contribution >= 4 is 123 Å². The SMILES string of the molecule is CCCCCCCCC(CCCCCC)CN1C(=O)C2=C(c3ccc(B4OC(C)(C)C(C)(C)O4)s3)N(CC(CCCCCC)CCCCCCCC)C(=O)C2=C1c1ccc(B2OC(C)(C)C(C)(C)O2)s1.CCCCCCCCC(CCCCCC)CN1C(=O)C2=C(c3cccs3)N(CC(CCCCCC)CCCCCCCC)C(=O)C2=C1c1cccs1.[CH2+]C1(C)OB(OC(C)C)OC1(C)C. The van der Waals surface area contributed by atoms with Crippen molar-refractivity contribution in [2.45, 2.75) is 493 Å². The Hall–Kier alpha value is -4.58. The summed E-state index contributed by atoms with van der Waals surface area (Å²) in [4.78, 5) is 73.7. The van der Waals surface area contributed by atoms with E-state index in [-0.39, 0.29) is 29.7 Å². The van der Waals surface area contributed by atoms with E-state index in [0.29, 0.717) is 72.1 Å². The summed E-state index contributed by atoms with van der Waals surface area (Å²) in [6, 6.07) is 16.8. The van der Waals surface area contributed by atoms with E-state index in [4.69, 9.17) is 32.6 Å². The van der Waals surface area contributed by atoms with Crippen LogP contribution in [-0.2, 0) is 51.8 Å². The van der Waals surface area contributed by atoms with Gasteiger partial charge in [0.15, 0.2) is 0 Å². The van der Waals surface area contributed by atoms with Gasteiger partial charge in [0.2, 0.25) is 5.60 Å². The predicted octanol–water partition coefficient (Wildman–Crippen LogP) is 31.0. The van der Waals surface area contributed by atoms with Crippen molar-refractivity contribution in [1.82, 2.24) is 19.6 Å². The Morgan fingerprint density at radius 3 is 0.748 bits per heavy atom. The molecule has 135 heavy (non-hydrogen) atoms. The fraction of sp³-hybridized carbons (Fsp3) is 0.743. The summed E-state index contributed by atoms with van der Waals surface area (Å²) in [5, 5.41) is 4.19. The fourth-order valence-corrected chi connectivity index (χ4v) is 23.8. The summed E-state index contributed by atoms with van der Waals surface area (Å²) < 4.78 is 44.8. The molecular formula is C113H184B3N4O11S4+. The van der Waals surface area contributed by atoms with Crippen LogP contribution in [0.2, 0.25) is 0 Å². The number of fused-ring (bicyclic) bond motifs is 2. The van der Waals surface area contributed by atoms with Crippen LogP contribution in [0.25, 0.3) is 22.8 Å². The number of nitrogens with zero attached hydrogens (tertiary/aromatic N) is 4. The summed E-state index contributed by atoms with van der Waals surface area (Å²) in [6.07, 6.45) is 59.0. The topological polar surface area (TPSA) is 146 Å². The molecule has 11 heterocycles. The van der Waals surface area contributed by atoms with Crippen LogP contribution >= 0.6 is 45.3 Å². The summed E-state index contributed by atoms with van der Waals surface area (Å²) >= 11 is 6.54. The maximum Gasteiger partial charge on any atom is 0.643 e. The lowest BCUT2D eigenvalue weighted by molar-refractivity contribution is -0.124. The van der Waals surface area contributed by atoms with Crippen molar-refractivity contribution in [1.29, 1.82) is 0 Å². The molecule has 4 amide bonds. The third-order valence-electron chi connectivity index (χ3n) is 30.5. The lowest BCUT2D eigenvalue weighted by Crippen LogP contribution is -2.42. The second kappa shape index (κ2) is 56.5. The number of hydrogen-bond donors (Lipinski definition) is 0. The first kappa shape index (κ1) is 114. The van der Waals surface area contributed by atoms with Gasteiger partial charge in [0, 0.05) is 48.8 Å². The fourth-order valence-electron chi connectivity index (χ4n) is 20.1.